The van der Waals surface area contributed by atoms with Crippen LogP contribution >= 0.6 is 11.6 Å². The lowest BCUT2D eigenvalue weighted by Gasteiger charge is -2.36. The molecule has 1 N–H and O–H groups in total. The molecule has 2 aromatic carbocycles. The van der Waals surface area contributed by atoms with E-state index in [1.165, 1.54) is 12.8 Å². The number of halogens is 1. The third kappa shape index (κ3) is 3.06. The molecule has 0 saturated carbocycles. The number of hydrogen-bond donors (Lipinski definition) is 1. The maximum absolute atomic E-state index is 13.6. The summed E-state index contributed by atoms with van der Waals surface area (Å²) >= 11 is 6.60. The second-order valence-corrected chi connectivity index (χ2v) is 8.88. The fourth-order valence-electron chi connectivity index (χ4n) is 5.39. The molecule has 2 aliphatic heterocycles. The number of carbonyl (C=O) groups excluding carboxylic acids is 1. The molecule has 3 heterocycles. The van der Waals surface area contributed by atoms with Crippen molar-refractivity contribution in [3.63, 3.8) is 0 Å². The molecular formula is C24H26ClN3O. The van der Waals surface area contributed by atoms with Crippen LogP contribution in [0.5, 0.6) is 0 Å². The molecule has 1 amide bonds. The first-order chi connectivity index (χ1) is 14.0. The topological polar surface area (TPSA) is 37.3 Å². The average molecular weight is 408 g/mol. The smallest absolute Gasteiger partial charge is 0.254 e. The van der Waals surface area contributed by atoms with Crippen molar-refractivity contribution in [2.24, 2.45) is 7.05 Å². The van der Waals surface area contributed by atoms with Crippen molar-refractivity contribution in [2.45, 2.75) is 43.8 Å². The monoisotopic (exact) mass is 407 g/mol. The number of fused-ring (bicyclic) bond motifs is 3. The van der Waals surface area contributed by atoms with Crippen molar-refractivity contribution in [2.75, 3.05) is 7.05 Å². The van der Waals surface area contributed by atoms with E-state index < -0.39 is 0 Å². The van der Waals surface area contributed by atoms with Gasteiger partial charge in [0.05, 0.1) is 21.8 Å². The van der Waals surface area contributed by atoms with Gasteiger partial charge >= 0.3 is 0 Å². The Labute approximate surface area is 176 Å². The molecule has 0 aliphatic carbocycles. The summed E-state index contributed by atoms with van der Waals surface area (Å²) in [7, 11) is 4.23. The van der Waals surface area contributed by atoms with E-state index in [0.29, 0.717) is 22.7 Å². The summed E-state index contributed by atoms with van der Waals surface area (Å²) in [4.78, 5) is 16.1. The fourth-order valence-corrected chi connectivity index (χ4v) is 5.65. The third-order valence-electron chi connectivity index (χ3n) is 6.88. The molecule has 5 rings (SSSR count). The zero-order valence-corrected chi connectivity index (χ0v) is 17.6. The van der Waals surface area contributed by atoms with Crippen LogP contribution in [0.4, 0.5) is 0 Å². The lowest BCUT2D eigenvalue weighted by atomic mass is 9.97. The third-order valence-corrected chi connectivity index (χ3v) is 7.20. The number of carbonyl (C=O) groups is 1. The minimum atomic E-state index is -0.0171. The highest BCUT2D eigenvalue weighted by atomic mass is 35.5. The summed E-state index contributed by atoms with van der Waals surface area (Å²) in [6.45, 7) is 0. The van der Waals surface area contributed by atoms with Crippen LogP contribution in [0, 0.1) is 0 Å². The molecule has 1 aromatic heterocycles. The van der Waals surface area contributed by atoms with E-state index in [1.54, 1.807) is 0 Å². The summed E-state index contributed by atoms with van der Waals surface area (Å²) in [5.41, 5.74) is 3.61. The number of benzene rings is 2. The molecule has 29 heavy (non-hydrogen) atoms. The van der Waals surface area contributed by atoms with Crippen molar-refractivity contribution in [3.8, 4) is 11.3 Å². The standard InChI is InChI=1S/C24H26ClN3O/c1-27-17-11-12-18(27)14-16(13-17)26-24(29)22-21-19(25)9-6-10-20(21)28(2)23(22)15-7-4-3-5-8-15/h3-10,16-18H,11-14H2,1-2H3,(H,26,29). The number of nitrogens with one attached hydrogen (secondary N) is 1. The van der Waals surface area contributed by atoms with Crippen molar-refractivity contribution >= 4 is 28.4 Å². The van der Waals surface area contributed by atoms with Crippen LogP contribution in [-0.2, 0) is 7.05 Å². The lowest BCUT2D eigenvalue weighted by Crippen LogP contribution is -2.48. The molecule has 3 aromatic rings. The Bertz CT molecular complexity index is 1060. The highest BCUT2D eigenvalue weighted by Gasteiger charge is 2.39. The van der Waals surface area contributed by atoms with Crippen molar-refractivity contribution < 1.29 is 4.79 Å². The molecule has 5 heteroatoms. The number of nitrogens with zero attached hydrogens (tertiary/aromatic N) is 2. The van der Waals surface area contributed by atoms with Gasteiger partial charge in [0.1, 0.15) is 0 Å². The van der Waals surface area contributed by atoms with Crippen LogP contribution in [0.1, 0.15) is 36.0 Å². The van der Waals surface area contributed by atoms with Gasteiger partial charge in [0.2, 0.25) is 0 Å². The van der Waals surface area contributed by atoms with Gasteiger partial charge in [-0.1, -0.05) is 48.0 Å². The SMILES string of the molecule is CN1C2CCC1CC(NC(=O)c1c(-c3ccccc3)n(C)c3cccc(Cl)c13)C2. The maximum Gasteiger partial charge on any atom is 0.254 e. The van der Waals surface area contributed by atoms with Crippen LogP contribution in [0.2, 0.25) is 5.02 Å². The van der Waals surface area contributed by atoms with E-state index in [1.807, 2.05) is 43.4 Å². The second kappa shape index (κ2) is 7.19. The first kappa shape index (κ1) is 18.7. The summed E-state index contributed by atoms with van der Waals surface area (Å²) in [5, 5.41) is 4.82. The zero-order valence-electron chi connectivity index (χ0n) is 16.9. The van der Waals surface area contributed by atoms with Crippen molar-refractivity contribution in [3.05, 3.63) is 59.1 Å². The minimum Gasteiger partial charge on any atom is -0.349 e. The van der Waals surface area contributed by atoms with Gasteiger partial charge in [0.25, 0.3) is 5.91 Å². The van der Waals surface area contributed by atoms with Crippen molar-refractivity contribution in [1.82, 2.24) is 14.8 Å². The summed E-state index contributed by atoms with van der Waals surface area (Å²) in [6, 6.07) is 17.3. The number of aryl methyl sites for hydroxylation is 1. The molecule has 2 bridgehead atoms. The van der Waals surface area contributed by atoms with Crippen LogP contribution in [0.3, 0.4) is 0 Å². The zero-order chi connectivity index (χ0) is 20.1. The van der Waals surface area contributed by atoms with Crippen LogP contribution in [0.15, 0.2) is 48.5 Å². The van der Waals surface area contributed by atoms with Crippen LogP contribution in [-0.4, -0.2) is 40.5 Å². The van der Waals surface area contributed by atoms with E-state index in [-0.39, 0.29) is 11.9 Å². The van der Waals surface area contributed by atoms with Gasteiger partial charge in [-0.2, -0.15) is 0 Å². The lowest BCUT2D eigenvalue weighted by molar-refractivity contribution is 0.0884. The number of piperidine rings is 1. The van der Waals surface area contributed by atoms with Gasteiger partial charge in [0.15, 0.2) is 0 Å². The Kier molecular flexibility index (Phi) is 4.64. The molecular weight excluding hydrogens is 382 g/mol. The van der Waals surface area contributed by atoms with E-state index in [2.05, 4.69) is 34.0 Å². The highest BCUT2D eigenvalue weighted by molar-refractivity contribution is 6.37. The van der Waals surface area contributed by atoms with Gasteiger partial charge in [-0.15, -0.1) is 0 Å². The van der Waals surface area contributed by atoms with Gasteiger partial charge in [-0.3, -0.25) is 4.79 Å². The van der Waals surface area contributed by atoms with Gasteiger partial charge in [-0.05, 0) is 50.4 Å². The molecule has 150 valence electrons. The highest BCUT2D eigenvalue weighted by Crippen LogP contribution is 2.38. The second-order valence-electron chi connectivity index (χ2n) is 8.47. The molecule has 2 fully saturated rings. The first-order valence-electron chi connectivity index (χ1n) is 10.4. The van der Waals surface area contributed by atoms with Gasteiger partial charge in [0, 0.05) is 30.6 Å². The average Bonchev–Trinajstić information content (AvgIpc) is 3.11. The Morgan fingerprint density at radius 2 is 1.69 bits per heavy atom. The normalized spacial score (nSPS) is 24.2. The maximum atomic E-state index is 13.6. The molecule has 2 saturated heterocycles. The Balaban J connectivity index is 1.58. The van der Waals surface area contributed by atoms with Gasteiger partial charge in [-0.25, -0.2) is 0 Å². The molecule has 0 radical (unpaired) electrons. The predicted octanol–water partition coefficient (Wildman–Crippen LogP) is 4.85. The number of hydrogen-bond acceptors (Lipinski definition) is 2. The molecule has 2 unspecified atom stereocenters. The first-order valence-corrected chi connectivity index (χ1v) is 10.8. The fraction of sp³-hybridized carbons (Fsp3) is 0.375. The van der Waals surface area contributed by atoms with E-state index >= 15 is 0 Å². The van der Waals surface area contributed by atoms with Crippen LogP contribution in [0.25, 0.3) is 22.2 Å². The van der Waals surface area contributed by atoms with Crippen molar-refractivity contribution in [1.29, 1.82) is 0 Å². The molecule has 2 atom stereocenters. The summed E-state index contributed by atoms with van der Waals surface area (Å²) in [6.07, 6.45) is 4.53. The van der Waals surface area contributed by atoms with Gasteiger partial charge < -0.3 is 14.8 Å². The van der Waals surface area contributed by atoms with Crippen LogP contribution < -0.4 is 5.32 Å². The summed E-state index contributed by atoms with van der Waals surface area (Å²) < 4.78 is 2.09. The van der Waals surface area contributed by atoms with E-state index in [4.69, 9.17) is 11.6 Å². The quantitative estimate of drug-likeness (QED) is 0.673. The largest absolute Gasteiger partial charge is 0.349 e. The summed E-state index contributed by atoms with van der Waals surface area (Å²) in [5.74, 6) is -0.0171. The predicted molar refractivity (Wildman–Crippen MR) is 118 cm³/mol. The number of amides is 1. The Morgan fingerprint density at radius 3 is 2.38 bits per heavy atom. The number of rotatable bonds is 3. The molecule has 4 nitrogen and oxygen atoms in total. The number of aromatic nitrogens is 1. The van der Waals surface area contributed by atoms with E-state index in [9.17, 15) is 4.79 Å². The Morgan fingerprint density at radius 1 is 1.00 bits per heavy atom. The van der Waals surface area contributed by atoms with E-state index in [0.717, 1.165) is 35.0 Å². The molecule has 2 aliphatic rings. The minimum absolute atomic E-state index is 0.0171. The molecule has 0 spiro atoms. The Hall–Kier alpha value is -2.30.